The van der Waals surface area contributed by atoms with Crippen LogP contribution in [0.2, 0.25) is 0 Å². The van der Waals surface area contributed by atoms with E-state index in [2.05, 4.69) is 0 Å². The van der Waals surface area contributed by atoms with Crippen LogP contribution in [0.25, 0.3) is 0 Å². The number of nitrogens with zero attached hydrogens (tertiary/aromatic N) is 1. The van der Waals surface area contributed by atoms with Crippen molar-refractivity contribution in [3.05, 3.63) is 84.7 Å². The van der Waals surface area contributed by atoms with Gasteiger partial charge in [0.25, 0.3) is 10.0 Å². The molecule has 0 saturated carbocycles. The monoisotopic (exact) mass is 463 g/mol. The predicted molar refractivity (Wildman–Crippen MR) is 117 cm³/mol. The van der Waals surface area contributed by atoms with Crippen molar-refractivity contribution in [3.8, 4) is 5.75 Å². The zero-order chi connectivity index (χ0) is 22.5. The van der Waals surface area contributed by atoms with Crippen LogP contribution in [0.3, 0.4) is 0 Å². The average Bonchev–Trinajstić information content (AvgIpc) is 2.77. The van der Waals surface area contributed by atoms with Gasteiger partial charge in [0, 0.05) is 6.54 Å². The van der Waals surface area contributed by atoms with Gasteiger partial charge in [0.15, 0.2) is 9.84 Å². The van der Waals surface area contributed by atoms with Crippen molar-refractivity contribution in [1.82, 2.24) is 0 Å². The highest BCUT2D eigenvalue weighted by molar-refractivity contribution is 7.93. The van der Waals surface area contributed by atoms with E-state index in [4.69, 9.17) is 4.74 Å². The maximum absolute atomic E-state index is 13.3. The molecule has 0 aliphatic heterocycles. The first-order valence-electron chi connectivity index (χ1n) is 9.44. The summed E-state index contributed by atoms with van der Waals surface area (Å²) in [6.07, 6.45) is 0.0534. The lowest BCUT2D eigenvalue weighted by Crippen LogP contribution is -2.33. The van der Waals surface area contributed by atoms with E-state index >= 15 is 0 Å². The number of hydrogen-bond acceptors (Lipinski definition) is 5. The van der Waals surface area contributed by atoms with E-state index in [1.165, 1.54) is 35.7 Å². The zero-order valence-electron chi connectivity index (χ0n) is 16.8. The maximum Gasteiger partial charge on any atom is 0.264 e. The van der Waals surface area contributed by atoms with Crippen molar-refractivity contribution >= 4 is 25.5 Å². The first-order valence-corrected chi connectivity index (χ1v) is 12.5. The summed E-state index contributed by atoms with van der Waals surface area (Å²) in [6.45, 7) is -0.0516. The van der Waals surface area contributed by atoms with Gasteiger partial charge >= 0.3 is 0 Å². The molecule has 0 saturated heterocycles. The summed E-state index contributed by atoms with van der Waals surface area (Å²) >= 11 is 0. The van der Waals surface area contributed by atoms with Crippen molar-refractivity contribution in [2.45, 2.75) is 16.2 Å². The van der Waals surface area contributed by atoms with Crippen LogP contribution in [0.4, 0.5) is 10.1 Å². The standard InChI is InChI=1S/C22H22FNO5S2/c1-29-20-12-10-19(11-13-20)24(31(27,28)22-6-3-2-4-7-22)16-5-17-30(25,26)21-14-8-18(23)9-15-21/h2-4,6-15H,5,16-17H2,1H3. The maximum atomic E-state index is 13.3. The molecule has 164 valence electrons. The van der Waals surface area contributed by atoms with E-state index in [-0.39, 0.29) is 28.5 Å². The molecule has 0 heterocycles. The number of ether oxygens (including phenoxy) is 1. The third-order valence-corrected chi connectivity index (χ3v) is 8.30. The number of benzene rings is 3. The summed E-state index contributed by atoms with van der Waals surface area (Å²) in [5.41, 5.74) is 0.392. The Kier molecular flexibility index (Phi) is 6.97. The van der Waals surface area contributed by atoms with Crippen molar-refractivity contribution in [3.63, 3.8) is 0 Å². The normalized spacial score (nSPS) is 11.8. The third-order valence-electron chi connectivity index (χ3n) is 4.64. The van der Waals surface area contributed by atoms with Gasteiger partial charge in [-0.2, -0.15) is 0 Å². The molecule has 0 aliphatic rings. The average molecular weight is 464 g/mol. The zero-order valence-corrected chi connectivity index (χ0v) is 18.4. The molecule has 3 aromatic carbocycles. The molecule has 0 amide bonds. The van der Waals surface area contributed by atoms with Crippen molar-refractivity contribution in [1.29, 1.82) is 0 Å². The summed E-state index contributed by atoms with van der Waals surface area (Å²) in [5, 5.41) is 0. The number of hydrogen-bond donors (Lipinski definition) is 0. The van der Waals surface area contributed by atoms with Crippen LogP contribution in [0.5, 0.6) is 5.75 Å². The Morgan fingerprint density at radius 1 is 0.806 bits per heavy atom. The quantitative estimate of drug-likeness (QED) is 0.450. The van der Waals surface area contributed by atoms with Gasteiger partial charge in [-0.3, -0.25) is 4.31 Å². The Balaban J connectivity index is 1.85. The highest BCUT2D eigenvalue weighted by Crippen LogP contribution is 2.26. The van der Waals surface area contributed by atoms with Crippen molar-refractivity contribution in [2.75, 3.05) is 23.7 Å². The lowest BCUT2D eigenvalue weighted by molar-refractivity contribution is 0.415. The lowest BCUT2D eigenvalue weighted by Gasteiger charge is -2.25. The molecule has 31 heavy (non-hydrogen) atoms. The van der Waals surface area contributed by atoms with Crippen LogP contribution >= 0.6 is 0 Å². The van der Waals surface area contributed by atoms with E-state index in [9.17, 15) is 21.2 Å². The van der Waals surface area contributed by atoms with E-state index in [0.29, 0.717) is 11.4 Å². The molecular formula is C22H22FNO5S2. The SMILES string of the molecule is COc1ccc(N(CCCS(=O)(=O)c2ccc(F)cc2)S(=O)(=O)c2ccccc2)cc1. The van der Waals surface area contributed by atoms with Crippen molar-refractivity contribution < 1.29 is 26.0 Å². The largest absolute Gasteiger partial charge is 0.497 e. The summed E-state index contributed by atoms with van der Waals surface area (Å²) in [6, 6.07) is 19.0. The number of methoxy groups -OCH3 is 1. The number of halogens is 1. The molecule has 0 spiro atoms. The van der Waals surface area contributed by atoms with Gasteiger partial charge in [-0.15, -0.1) is 0 Å². The van der Waals surface area contributed by atoms with E-state index in [1.807, 2.05) is 0 Å². The number of anilines is 1. The molecule has 0 aromatic heterocycles. The van der Waals surface area contributed by atoms with Gasteiger partial charge in [-0.05, 0) is 67.1 Å². The number of sulfonamides is 1. The Morgan fingerprint density at radius 2 is 1.42 bits per heavy atom. The number of rotatable bonds is 9. The fourth-order valence-electron chi connectivity index (χ4n) is 3.01. The predicted octanol–water partition coefficient (Wildman–Crippen LogP) is 3.89. The Bertz CT molecular complexity index is 1210. The van der Waals surface area contributed by atoms with Gasteiger partial charge in [0.05, 0.1) is 28.3 Å². The van der Waals surface area contributed by atoms with Gasteiger partial charge in [0.2, 0.25) is 0 Å². The molecule has 0 aliphatic carbocycles. The second-order valence-corrected chi connectivity index (χ2v) is 10.7. The van der Waals surface area contributed by atoms with Crippen LogP contribution in [0.15, 0.2) is 88.7 Å². The van der Waals surface area contributed by atoms with Gasteiger partial charge in [0.1, 0.15) is 11.6 Å². The lowest BCUT2D eigenvalue weighted by atomic mass is 10.3. The molecule has 3 aromatic rings. The molecule has 6 nitrogen and oxygen atoms in total. The highest BCUT2D eigenvalue weighted by Gasteiger charge is 2.25. The molecule has 0 radical (unpaired) electrons. The Hall–Kier alpha value is -2.91. The van der Waals surface area contributed by atoms with Crippen LogP contribution < -0.4 is 9.04 Å². The first-order chi connectivity index (χ1) is 14.7. The molecule has 9 heteroatoms. The molecule has 0 bridgehead atoms. The third kappa shape index (κ3) is 5.42. The van der Waals surface area contributed by atoms with Gasteiger partial charge < -0.3 is 4.74 Å². The summed E-state index contributed by atoms with van der Waals surface area (Å²) in [4.78, 5) is 0.100. The minimum atomic E-state index is -3.91. The Morgan fingerprint density at radius 3 is 2.00 bits per heavy atom. The topological polar surface area (TPSA) is 80.8 Å². The second-order valence-electron chi connectivity index (χ2n) is 6.71. The summed E-state index contributed by atoms with van der Waals surface area (Å²) < 4.78 is 71.0. The van der Waals surface area contributed by atoms with Crippen LogP contribution in [-0.4, -0.2) is 36.2 Å². The summed E-state index contributed by atoms with van der Waals surface area (Å²) in [5.74, 6) is -0.242. The first kappa shape index (κ1) is 22.8. The molecular weight excluding hydrogens is 441 g/mol. The smallest absolute Gasteiger partial charge is 0.264 e. The van der Waals surface area contributed by atoms with Crippen LogP contribution in [0.1, 0.15) is 6.42 Å². The summed E-state index contributed by atoms with van der Waals surface area (Å²) in [7, 11) is -6.09. The second kappa shape index (κ2) is 9.49. The fraction of sp³-hybridized carbons (Fsp3) is 0.182. The van der Waals surface area contributed by atoms with Gasteiger partial charge in [-0.25, -0.2) is 21.2 Å². The molecule has 3 rings (SSSR count). The molecule has 0 N–H and O–H groups in total. The van der Waals surface area contributed by atoms with E-state index in [0.717, 1.165) is 12.1 Å². The number of sulfone groups is 1. The van der Waals surface area contributed by atoms with Crippen molar-refractivity contribution in [2.24, 2.45) is 0 Å². The fourth-order valence-corrected chi connectivity index (χ4v) is 5.83. The van der Waals surface area contributed by atoms with Gasteiger partial charge in [-0.1, -0.05) is 18.2 Å². The van der Waals surface area contributed by atoms with E-state index < -0.39 is 25.7 Å². The molecule has 0 atom stereocenters. The Labute approximate surface area is 181 Å². The highest BCUT2D eigenvalue weighted by atomic mass is 32.2. The van der Waals surface area contributed by atoms with E-state index in [1.54, 1.807) is 42.5 Å². The molecule has 0 unspecified atom stereocenters. The minimum absolute atomic E-state index is 0.00388. The van der Waals surface area contributed by atoms with Crippen LogP contribution in [-0.2, 0) is 19.9 Å². The minimum Gasteiger partial charge on any atom is -0.497 e. The molecule has 0 fully saturated rings. The van der Waals surface area contributed by atoms with Crippen LogP contribution in [0, 0.1) is 5.82 Å².